The van der Waals surface area contributed by atoms with Crippen molar-refractivity contribution in [2.24, 2.45) is 5.92 Å². The van der Waals surface area contributed by atoms with E-state index in [1.165, 1.54) is 5.56 Å². The fraction of sp³-hybridized carbons (Fsp3) is 0.429. The number of nitrogens with one attached hydrogen (secondary N) is 1. The Kier molecular flexibility index (Phi) is 7.03. The molecule has 2 aromatic rings. The Bertz CT molecular complexity index is 647. The fourth-order valence-electron chi connectivity index (χ4n) is 3.20. The van der Waals surface area contributed by atoms with Crippen LogP contribution in [0.2, 0.25) is 0 Å². The van der Waals surface area contributed by atoms with Crippen LogP contribution in [0.3, 0.4) is 0 Å². The summed E-state index contributed by atoms with van der Waals surface area (Å²) in [5, 5.41) is 21.9. The highest BCUT2D eigenvalue weighted by molar-refractivity contribution is 5.26. The molecule has 0 aromatic heterocycles. The van der Waals surface area contributed by atoms with E-state index in [9.17, 15) is 5.11 Å². The van der Waals surface area contributed by atoms with Gasteiger partial charge in [0.15, 0.2) is 0 Å². The average molecular weight is 357 g/mol. The van der Waals surface area contributed by atoms with Crippen LogP contribution < -0.4 is 5.32 Å². The molecule has 3 atom stereocenters. The maximum atomic E-state index is 9.44. The standard InChI is InChI=1S/C21H27NO4/c23-10-11-25-15-19(13-17-6-8-20(24)9-7-17)22-21-18(14-26-21)12-16-4-2-1-3-5-16/h1-9,18-19,21-24H,10-15H2/t18?,19-,21?/m0/s1. The molecule has 0 saturated carbocycles. The van der Waals surface area contributed by atoms with E-state index in [1.54, 1.807) is 12.1 Å². The molecule has 0 radical (unpaired) electrons. The molecule has 0 spiro atoms. The molecular weight excluding hydrogens is 330 g/mol. The molecule has 2 unspecified atom stereocenters. The van der Waals surface area contributed by atoms with Gasteiger partial charge in [0.1, 0.15) is 12.0 Å². The molecule has 1 heterocycles. The number of hydrogen-bond acceptors (Lipinski definition) is 5. The number of phenols is 1. The van der Waals surface area contributed by atoms with Crippen molar-refractivity contribution in [3.63, 3.8) is 0 Å². The Hall–Kier alpha value is -1.92. The summed E-state index contributed by atoms with van der Waals surface area (Å²) in [6.07, 6.45) is 1.76. The predicted molar refractivity (Wildman–Crippen MR) is 100 cm³/mol. The van der Waals surface area contributed by atoms with Crippen LogP contribution >= 0.6 is 0 Å². The zero-order valence-electron chi connectivity index (χ0n) is 14.9. The number of aliphatic hydroxyl groups is 1. The van der Waals surface area contributed by atoms with E-state index < -0.39 is 0 Å². The van der Waals surface area contributed by atoms with Gasteiger partial charge >= 0.3 is 0 Å². The highest BCUT2D eigenvalue weighted by Gasteiger charge is 2.33. The van der Waals surface area contributed by atoms with E-state index in [4.69, 9.17) is 14.6 Å². The summed E-state index contributed by atoms with van der Waals surface area (Å²) in [6, 6.07) is 17.7. The Morgan fingerprint density at radius 3 is 2.50 bits per heavy atom. The zero-order valence-corrected chi connectivity index (χ0v) is 14.9. The van der Waals surface area contributed by atoms with E-state index in [0.717, 1.165) is 25.0 Å². The highest BCUT2D eigenvalue weighted by atomic mass is 16.5. The molecule has 5 nitrogen and oxygen atoms in total. The van der Waals surface area contributed by atoms with Crippen LogP contribution in [0.15, 0.2) is 54.6 Å². The lowest BCUT2D eigenvalue weighted by molar-refractivity contribution is -0.139. The van der Waals surface area contributed by atoms with Crippen molar-refractivity contribution in [2.45, 2.75) is 25.1 Å². The van der Waals surface area contributed by atoms with Gasteiger partial charge in [-0.05, 0) is 36.1 Å². The van der Waals surface area contributed by atoms with Crippen LogP contribution in [0.25, 0.3) is 0 Å². The van der Waals surface area contributed by atoms with Gasteiger partial charge in [0, 0.05) is 12.0 Å². The SMILES string of the molecule is OCCOC[C@H](Cc1ccc(O)cc1)NC1OCC1Cc1ccccc1. The van der Waals surface area contributed by atoms with Crippen molar-refractivity contribution < 1.29 is 19.7 Å². The van der Waals surface area contributed by atoms with Gasteiger partial charge in [-0.3, -0.25) is 5.32 Å². The molecule has 3 N–H and O–H groups in total. The van der Waals surface area contributed by atoms with Crippen molar-refractivity contribution in [1.82, 2.24) is 5.32 Å². The second kappa shape index (κ2) is 9.69. The topological polar surface area (TPSA) is 71.0 Å². The van der Waals surface area contributed by atoms with Crippen molar-refractivity contribution in [3.05, 3.63) is 65.7 Å². The molecule has 0 aliphatic carbocycles. The van der Waals surface area contributed by atoms with Crippen LogP contribution in [0.4, 0.5) is 0 Å². The van der Waals surface area contributed by atoms with Crippen molar-refractivity contribution >= 4 is 0 Å². The third kappa shape index (κ3) is 5.54. The van der Waals surface area contributed by atoms with E-state index in [-0.39, 0.29) is 24.6 Å². The minimum atomic E-state index is 0.00930. The molecular formula is C21H27NO4. The van der Waals surface area contributed by atoms with E-state index in [2.05, 4.69) is 29.6 Å². The fourth-order valence-corrected chi connectivity index (χ4v) is 3.20. The molecule has 1 aliphatic rings. The van der Waals surface area contributed by atoms with Crippen LogP contribution in [-0.2, 0) is 22.3 Å². The summed E-state index contributed by atoms with van der Waals surface area (Å²) in [6.45, 7) is 1.60. The number of benzene rings is 2. The predicted octanol–water partition coefficient (Wildman–Crippen LogP) is 2.12. The largest absolute Gasteiger partial charge is 0.508 e. The molecule has 1 aliphatic heterocycles. The normalized spacial score (nSPS) is 20.5. The minimum Gasteiger partial charge on any atom is -0.508 e. The number of aromatic hydroxyl groups is 1. The number of aliphatic hydroxyl groups excluding tert-OH is 1. The molecule has 2 aromatic carbocycles. The van der Waals surface area contributed by atoms with Crippen molar-refractivity contribution in [1.29, 1.82) is 0 Å². The second-order valence-electron chi connectivity index (χ2n) is 6.74. The summed E-state index contributed by atoms with van der Waals surface area (Å²) in [5.41, 5.74) is 2.44. The van der Waals surface area contributed by atoms with E-state index >= 15 is 0 Å². The van der Waals surface area contributed by atoms with Crippen LogP contribution in [0, 0.1) is 5.92 Å². The van der Waals surface area contributed by atoms with Gasteiger partial charge in [0.2, 0.25) is 0 Å². The van der Waals surface area contributed by atoms with E-state index in [1.807, 2.05) is 18.2 Å². The third-order valence-corrected chi connectivity index (χ3v) is 4.63. The Labute approximate surface area is 154 Å². The highest BCUT2D eigenvalue weighted by Crippen LogP contribution is 2.24. The lowest BCUT2D eigenvalue weighted by atomic mass is 9.94. The van der Waals surface area contributed by atoms with Gasteiger partial charge in [-0.2, -0.15) is 0 Å². The smallest absolute Gasteiger partial charge is 0.115 e. The lowest BCUT2D eigenvalue weighted by Gasteiger charge is -2.40. The number of phenolic OH excluding ortho intramolecular Hbond substituents is 1. The molecule has 5 heteroatoms. The monoisotopic (exact) mass is 357 g/mol. The first-order valence-corrected chi connectivity index (χ1v) is 9.12. The van der Waals surface area contributed by atoms with Gasteiger partial charge in [0.25, 0.3) is 0 Å². The molecule has 0 amide bonds. The molecule has 26 heavy (non-hydrogen) atoms. The lowest BCUT2D eigenvalue weighted by Crippen LogP contribution is -2.55. The summed E-state index contributed by atoms with van der Waals surface area (Å²) in [5.74, 6) is 0.706. The molecule has 140 valence electrons. The van der Waals surface area contributed by atoms with E-state index in [0.29, 0.717) is 19.1 Å². The van der Waals surface area contributed by atoms with Gasteiger partial charge in [-0.25, -0.2) is 0 Å². The van der Waals surface area contributed by atoms with Crippen LogP contribution in [-0.4, -0.2) is 48.9 Å². The first kappa shape index (κ1) is 18.9. The third-order valence-electron chi connectivity index (χ3n) is 4.63. The van der Waals surface area contributed by atoms with Gasteiger partial charge in [0.05, 0.1) is 26.4 Å². The summed E-state index contributed by atoms with van der Waals surface area (Å²) >= 11 is 0. The average Bonchev–Trinajstić information content (AvgIpc) is 2.66. The van der Waals surface area contributed by atoms with Crippen LogP contribution in [0.1, 0.15) is 11.1 Å². The molecule has 1 fully saturated rings. The maximum Gasteiger partial charge on any atom is 0.115 e. The first-order chi connectivity index (χ1) is 12.7. The first-order valence-electron chi connectivity index (χ1n) is 9.12. The van der Waals surface area contributed by atoms with Gasteiger partial charge in [-0.15, -0.1) is 0 Å². The molecule has 1 saturated heterocycles. The zero-order chi connectivity index (χ0) is 18.2. The van der Waals surface area contributed by atoms with Crippen molar-refractivity contribution in [3.8, 4) is 5.75 Å². The Balaban J connectivity index is 1.56. The number of hydrogen-bond donors (Lipinski definition) is 3. The van der Waals surface area contributed by atoms with Crippen LogP contribution in [0.5, 0.6) is 5.75 Å². The summed E-state index contributed by atoms with van der Waals surface area (Å²) in [4.78, 5) is 0. The minimum absolute atomic E-state index is 0.00930. The maximum absolute atomic E-state index is 9.44. The Morgan fingerprint density at radius 2 is 1.85 bits per heavy atom. The molecule has 3 rings (SSSR count). The quantitative estimate of drug-likeness (QED) is 0.568. The number of rotatable bonds is 10. The molecule has 0 bridgehead atoms. The Morgan fingerprint density at radius 1 is 1.08 bits per heavy atom. The van der Waals surface area contributed by atoms with Gasteiger partial charge in [-0.1, -0.05) is 42.5 Å². The second-order valence-corrected chi connectivity index (χ2v) is 6.74. The summed E-state index contributed by atoms with van der Waals surface area (Å²) < 4.78 is 11.3. The number of ether oxygens (including phenoxy) is 2. The summed E-state index contributed by atoms with van der Waals surface area (Å²) in [7, 11) is 0. The van der Waals surface area contributed by atoms with Crippen molar-refractivity contribution in [2.75, 3.05) is 26.4 Å². The van der Waals surface area contributed by atoms with Gasteiger partial charge < -0.3 is 19.7 Å².